The lowest BCUT2D eigenvalue weighted by Crippen LogP contribution is -2.50. The summed E-state index contributed by atoms with van der Waals surface area (Å²) in [4.78, 5) is 120. The van der Waals surface area contributed by atoms with Gasteiger partial charge < -0.3 is 85.3 Å². The molecule has 16 aromatic heterocycles. The fraction of sp³-hybridized carbons (Fsp3) is 0.256. The average Bonchev–Trinajstić information content (AvgIpc) is 1.61. The van der Waals surface area contributed by atoms with E-state index in [1.54, 1.807) is 133 Å². The summed E-state index contributed by atoms with van der Waals surface area (Å²) in [6, 6.07) is 33.9. The number of carboxylic acid groups (broad SMARTS) is 1. The smallest absolute Gasteiger partial charge is 0.330 e. The van der Waals surface area contributed by atoms with Crippen LogP contribution < -0.4 is 47.9 Å². The minimum Gasteiger partial charge on any atom is -0.492 e. The molecule has 48 heteroatoms. The van der Waals surface area contributed by atoms with E-state index in [-0.39, 0.29) is 66.5 Å². The maximum atomic E-state index is 13.5. The van der Waals surface area contributed by atoms with E-state index in [9.17, 15) is 28.8 Å². The summed E-state index contributed by atoms with van der Waals surface area (Å²) in [5.41, 5.74) is 35.9. The molecule has 19 aromatic rings. The van der Waals surface area contributed by atoms with Crippen LogP contribution >= 0.6 is 0 Å². The SMILES string of the molecule is CC(C(=O)N1CCN(c2ccc(OCCN)cc2)CC1)n1cc2c(nc(N)n3nc(-c4ccco4)nc23)n1.CC(C(=O)N1CCN(c2ccc(OCCN3C(=O)c4ccccc4C3=O)cc2)CC1)n1cc2c(nc(N)n3nc(-c4ccco4)nc23)n1.CC(C(=O)O)n1cc2c(nc(N)n3nc(-c4ccco4)nc23)n1.CCOC(=O)C(C)n1cc2c(nc(N)n3nc(-c4ccco4)nc23)n1. The zero-order chi connectivity index (χ0) is 92.9. The molecule has 134 heavy (non-hydrogen) atoms. The number of aromatic nitrogens is 24. The van der Waals surface area contributed by atoms with Gasteiger partial charge in [0, 0.05) is 95.1 Å². The van der Waals surface area contributed by atoms with Crippen LogP contribution in [-0.4, -0.2) is 258 Å². The lowest BCUT2D eigenvalue weighted by Gasteiger charge is -2.37. The third-order valence-corrected chi connectivity index (χ3v) is 22.7. The Bertz CT molecular complexity index is 7550. The number of esters is 1. The Morgan fingerprint density at radius 3 is 1.03 bits per heavy atom. The molecule has 4 amide bonds. The average molecular weight is 1820 g/mol. The van der Waals surface area contributed by atoms with Crippen molar-refractivity contribution in [1.82, 2.24) is 132 Å². The van der Waals surface area contributed by atoms with E-state index < -0.39 is 30.1 Å². The lowest BCUT2D eigenvalue weighted by molar-refractivity contribution is -0.147. The zero-order valence-electron chi connectivity index (χ0n) is 72.3. The highest BCUT2D eigenvalue weighted by atomic mass is 16.5. The van der Waals surface area contributed by atoms with Gasteiger partial charge in [-0.15, -0.1) is 20.4 Å². The summed E-state index contributed by atoms with van der Waals surface area (Å²) in [5, 5.41) is 46.5. The summed E-state index contributed by atoms with van der Waals surface area (Å²) >= 11 is 0. The Morgan fingerprint density at radius 1 is 0.403 bits per heavy atom. The number of hydrogen-bond acceptors (Lipinski definition) is 36. The molecule has 4 atom stereocenters. The summed E-state index contributed by atoms with van der Waals surface area (Å²) in [5.74, 6) is 3.47. The predicted octanol–water partition coefficient (Wildman–Crippen LogP) is 6.87. The second-order valence-corrected chi connectivity index (χ2v) is 31.1. The zero-order valence-corrected chi connectivity index (χ0v) is 72.3. The molecule has 2 fully saturated rings. The van der Waals surface area contributed by atoms with Crippen molar-refractivity contribution in [3.63, 3.8) is 0 Å². The maximum Gasteiger partial charge on any atom is 0.330 e. The first-order valence-corrected chi connectivity index (χ1v) is 42.4. The first-order valence-electron chi connectivity index (χ1n) is 42.4. The van der Waals surface area contributed by atoms with Gasteiger partial charge in [-0.1, -0.05) is 12.1 Å². The number of hydrogen-bond donors (Lipinski definition) is 6. The van der Waals surface area contributed by atoms with E-state index in [0.717, 1.165) is 30.2 Å². The summed E-state index contributed by atoms with van der Waals surface area (Å²) < 4.78 is 49.6. The molecule has 19 heterocycles. The molecule has 3 aliphatic heterocycles. The third kappa shape index (κ3) is 16.5. The number of furan rings is 4. The van der Waals surface area contributed by atoms with E-state index in [1.165, 1.54) is 51.8 Å². The largest absolute Gasteiger partial charge is 0.492 e. The van der Waals surface area contributed by atoms with Gasteiger partial charge in [-0.05, 0) is 144 Å². The van der Waals surface area contributed by atoms with Gasteiger partial charge in [0.2, 0.25) is 58.9 Å². The number of anilines is 6. The molecular formula is C86H84N34O14. The van der Waals surface area contributed by atoms with Gasteiger partial charge in [0.1, 0.15) is 48.9 Å². The Labute approximate surface area is 754 Å². The van der Waals surface area contributed by atoms with Gasteiger partial charge in [-0.25, -0.2) is 29.5 Å². The van der Waals surface area contributed by atoms with Crippen molar-refractivity contribution in [2.24, 2.45) is 5.73 Å². The first-order chi connectivity index (χ1) is 65.0. The molecule has 0 bridgehead atoms. The molecule has 3 aliphatic rings. The third-order valence-electron chi connectivity index (χ3n) is 22.7. The van der Waals surface area contributed by atoms with Gasteiger partial charge in [-0.3, -0.25) is 42.8 Å². The molecule has 3 aromatic carbocycles. The highest BCUT2D eigenvalue weighted by Gasteiger charge is 2.36. The number of rotatable bonds is 22. The van der Waals surface area contributed by atoms with E-state index in [4.69, 9.17) is 65.7 Å². The van der Waals surface area contributed by atoms with Gasteiger partial charge in [0.05, 0.1) is 70.9 Å². The van der Waals surface area contributed by atoms with Crippen LogP contribution in [0.1, 0.15) is 79.5 Å². The molecule has 0 saturated carbocycles. The Hall–Kier alpha value is -17.8. The van der Waals surface area contributed by atoms with Crippen LogP contribution in [-0.2, 0) is 23.9 Å². The number of nitrogens with two attached hydrogens (primary N) is 5. The van der Waals surface area contributed by atoms with Gasteiger partial charge >= 0.3 is 11.9 Å². The minimum atomic E-state index is -1.00. The van der Waals surface area contributed by atoms with E-state index in [0.29, 0.717) is 189 Å². The molecule has 2 saturated heterocycles. The second kappa shape index (κ2) is 35.7. The van der Waals surface area contributed by atoms with E-state index in [1.807, 2.05) is 72.2 Å². The van der Waals surface area contributed by atoms with Crippen molar-refractivity contribution >= 4 is 137 Å². The molecule has 48 nitrogen and oxygen atoms in total. The van der Waals surface area contributed by atoms with Crippen LogP contribution in [0.4, 0.5) is 35.2 Å². The number of carboxylic acids is 1. The number of nitrogen functional groups attached to an aromatic ring is 4. The number of aliphatic carboxylic acids is 1. The molecule has 0 aliphatic carbocycles. The Balaban J connectivity index is 0.000000120. The minimum absolute atomic E-state index is 0.00952. The number of ether oxygens (including phenoxy) is 3. The highest BCUT2D eigenvalue weighted by molar-refractivity contribution is 6.21. The molecule has 0 spiro atoms. The summed E-state index contributed by atoms with van der Waals surface area (Å²) in [6.45, 7) is 15.4. The molecular weight excluding hydrogens is 1730 g/mol. The topological polar surface area (TPSA) is 593 Å². The number of amides is 4. The standard InChI is InChI=1S/C33H30N10O5.C25H28N10O3.C15H15N7O3.C13H11N7O3/c1-20(42-19-25-27(37-42)36-33(34)43-29(25)35-28(38-43)26-7-4-17-48-26)30(44)40-14-12-39(13-15-40)21-8-10-22(11-9-21)47-18-16-41-31(45)23-5-2-3-6-24(23)32(41)46;1-16(24(36)33-11-9-32(10-12-33)17-4-6-18(7-5-17)37-14-8-26)34-15-19-21(30-34)29-25(27)35-23(19)28-22(31-35)20-3-2-13-38-20;1-3-24-14(23)8(2)21-7-9-11(19-21)18-15(16)22-13(9)17-12(20-22)10-5-4-6-25-10;1-6(12(21)22)19-5-7-9(17-19)16-13(14)20-11(7)15-10(18-20)8-3-2-4-23-8/h2-11,17,19-20H,12-16,18H2,1H3,(H2,34,36,37);2-7,13,15-16H,8-12,14,26H2,1H3,(H2,27,29,30);4-8H,3H2,1-2H3,(H2,16,18,19);2-6H,1H3,(H,21,22)(H2,14,16,17). The van der Waals surface area contributed by atoms with Gasteiger partial charge in [0.15, 0.2) is 68.2 Å². The normalized spacial score (nSPS) is 14.4. The van der Waals surface area contributed by atoms with Crippen molar-refractivity contribution in [1.29, 1.82) is 0 Å². The quantitative estimate of drug-likeness (QED) is 0.0298. The van der Waals surface area contributed by atoms with Gasteiger partial charge in [0.25, 0.3) is 11.8 Å². The molecule has 4 unspecified atom stereocenters. The molecule has 0 radical (unpaired) electrons. The molecule has 682 valence electrons. The number of nitrogens with zero attached hydrogens (tertiary/aromatic N) is 29. The number of piperazine rings is 2. The molecule has 11 N–H and O–H groups in total. The number of fused-ring (bicyclic) bond motifs is 13. The number of benzene rings is 3. The number of carbonyl (C=O) groups excluding carboxylic acids is 5. The highest BCUT2D eigenvalue weighted by Crippen LogP contribution is 2.33. The van der Waals surface area contributed by atoms with Crippen LogP contribution in [0.25, 0.3) is 113 Å². The maximum absolute atomic E-state index is 13.5. The summed E-state index contributed by atoms with van der Waals surface area (Å²) in [7, 11) is 0. The van der Waals surface area contributed by atoms with Crippen molar-refractivity contribution in [3.8, 4) is 57.8 Å². The van der Waals surface area contributed by atoms with Crippen molar-refractivity contribution in [2.45, 2.75) is 58.8 Å². The van der Waals surface area contributed by atoms with E-state index >= 15 is 0 Å². The van der Waals surface area contributed by atoms with Crippen LogP contribution in [0.2, 0.25) is 0 Å². The monoisotopic (exact) mass is 1820 g/mol. The number of imide groups is 1. The van der Waals surface area contributed by atoms with Crippen LogP contribution in [0, 0.1) is 0 Å². The second-order valence-electron chi connectivity index (χ2n) is 31.1. The first kappa shape index (κ1) is 85.7. The number of carbonyl (C=O) groups is 6. The lowest BCUT2D eigenvalue weighted by atomic mass is 10.1. The van der Waals surface area contributed by atoms with Crippen molar-refractivity contribution in [2.75, 3.05) is 118 Å². The van der Waals surface area contributed by atoms with Crippen molar-refractivity contribution in [3.05, 3.63) is 182 Å². The Morgan fingerprint density at radius 2 is 0.724 bits per heavy atom. The van der Waals surface area contributed by atoms with Gasteiger partial charge in [-0.2, -0.15) is 58.4 Å². The Kier molecular flexibility index (Phi) is 22.8. The fourth-order valence-corrected chi connectivity index (χ4v) is 15.5. The van der Waals surface area contributed by atoms with Crippen molar-refractivity contribution < 1.29 is 65.8 Å². The molecule has 22 rings (SSSR count). The fourth-order valence-electron chi connectivity index (χ4n) is 15.5. The van der Waals surface area contributed by atoms with Crippen LogP contribution in [0.3, 0.4) is 0 Å². The predicted molar refractivity (Wildman–Crippen MR) is 480 cm³/mol. The van der Waals surface area contributed by atoms with E-state index in [2.05, 4.69) is 90.5 Å². The van der Waals surface area contributed by atoms with Crippen LogP contribution in [0.15, 0.2) is 189 Å². The summed E-state index contributed by atoms with van der Waals surface area (Å²) in [6.07, 6.45) is 12.9. The van der Waals surface area contributed by atoms with Crippen LogP contribution in [0.5, 0.6) is 11.5 Å².